The van der Waals surface area contributed by atoms with E-state index in [-0.39, 0.29) is 5.91 Å². The summed E-state index contributed by atoms with van der Waals surface area (Å²) in [6, 6.07) is 10.9. The third-order valence-electron chi connectivity index (χ3n) is 4.44. The molecule has 2 aromatic heterocycles. The Morgan fingerprint density at radius 2 is 2.00 bits per heavy atom. The van der Waals surface area contributed by atoms with Gasteiger partial charge in [0, 0.05) is 26.6 Å². The molecule has 0 unspecified atom stereocenters. The molecule has 2 heterocycles. The van der Waals surface area contributed by atoms with Gasteiger partial charge < -0.3 is 9.73 Å². The van der Waals surface area contributed by atoms with Gasteiger partial charge in [0.15, 0.2) is 0 Å². The van der Waals surface area contributed by atoms with E-state index in [9.17, 15) is 10.1 Å². The number of rotatable bonds is 4. The normalized spacial score (nSPS) is 12.9. The van der Waals surface area contributed by atoms with Gasteiger partial charge in [-0.15, -0.1) is 11.3 Å². The number of hydrogen-bond donors (Lipinski definition) is 1. The number of halogens is 2. The Morgan fingerprint density at radius 3 is 2.75 bits per heavy atom. The zero-order valence-electron chi connectivity index (χ0n) is 14.6. The molecule has 0 spiro atoms. The summed E-state index contributed by atoms with van der Waals surface area (Å²) in [6.07, 6.45) is 5.92. The van der Waals surface area contributed by atoms with Crippen LogP contribution in [0.4, 0.5) is 5.00 Å². The quantitative estimate of drug-likeness (QED) is 0.493. The highest BCUT2D eigenvalue weighted by Gasteiger charge is 2.22. The molecule has 0 saturated carbocycles. The maximum Gasteiger partial charge on any atom is 0.249 e. The fraction of sp³-hybridized carbons (Fsp3) is 0.143. The number of thiophene rings is 1. The number of amides is 1. The fourth-order valence-electron chi connectivity index (χ4n) is 3.22. The molecule has 0 bridgehead atoms. The minimum atomic E-state index is -0.305. The number of nitrogens with zero attached hydrogens (tertiary/aromatic N) is 1. The van der Waals surface area contributed by atoms with Crippen LogP contribution in [-0.2, 0) is 17.6 Å². The van der Waals surface area contributed by atoms with Crippen LogP contribution in [-0.4, -0.2) is 5.91 Å². The number of carbonyl (C=O) groups excluding carboxylic acids is 1. The smallest absolute Gasteiger partial charge is 0.249 e. The molecule has 3 aromatic rings. The van der Waals surface area contributed by atoms with Crippen LogP contribution in [0.3, 0.4) is 0 Å². The van der Waals surface area contributed by atoms with Crippen LogP contribution in [0.2, 0.25) is 10.0 Å². The molecule has 140 valence electrons. The highest BCUT2D eigenvalue weighted by molar-refractivity contribution is 7.16. The third kappa shape index (κ3) is 3.85. The third-order valence-corrected chi connectivity index (χ3v) is 6.09. The topological polar surface area (TPSA) is 66.0 Å². The molecule has 4 nitrogen and oxygen atoms in total. The predicted octanol–water partition coefficient (Wildman–Crippen LogP) is 6.33. The van der Waals surface area contributed by atoms with Crippen LogP contribution in [0.25, 0.3) is 17.4 Å². The van der Waals surface area contributed by atoms with Gasteiger partial charge in [0.1, 0.15) is 22.6 Å². The van der Waals surface area contributed by atoms with Crippen molar-refractivity contribution in [3.05, 3.63) is 68.2 Å². The largest absolute Gasteiger partial charge is 0.457 e. The molecule has 0 radical (unpaired) electrons. The van der Waals surface area contributed by atoms with E-state index in [0.29, 0.717) is 32.1 Å². The predicted molar refractivity (Wildman–Crippen MR) is 113 cm³/mol. The standard InChI is InChI=1S/C21H14Cl2N2O2S/c22-13-8-12(9-14(23)10-13)18-6-4-15(27-18)5-7-20(26)25-21-17(11-24)16-2-1-3-19(16)28-21/h4-10H,1-3H2,(H,25,26)/b7-5+. The SMILES string of the molecule is N#Cc1c(NC(=O)/C=C/c2ccc(-c3cc(Cl)cc(Cl)c3)o2)sc2c1CCC2. The number of carbonyl (C=O) groups is 1. The summed E-state index contributed by atoms with van der Waals surface area (Å²) in [5, 5.41) is 13.9. The number of furan rings is 1. The lowest BCUT2D eigenvalue weighted by molar-refractivity contribution is -0.111. The number of nitriles is 1. The van der Waals surface area contributed by atoms with Crippen molar-refractivity contribution in [3.8, 4) is 17.4 Å². The first-order valence-electron chi connectivity index (χ1n) is 8.63. The summed E-state index contributed by atoms with van der Waals surface area (Å²) in [6.45, 7) is 0. The van der Waals surface area contributed by atoms with Crippen LogP contribution in [0.15, 0.2) is 40.8 Å². The van der Waals surface area contributed by atoms with Gasteiger partial charge in [0.2, 0.25) is 5.91 Å². The first-order chi connectivity index (χ1) is 13.5. The molecule has 0 atom stereocenters. The summed E-state index contributed by atoms with van der Waals surface area (Å²) in [5.41, 5.74) is 2.44. The van der Waals surface area contributed by atoms with Crippen LogP contribution in [0.5, 0.6) is 0 Å². The van der Waals surface area contributed by atoms with Gasteiger partial charge in [-0.2, -0.15) is 5.26 Å². The van der Waals surface area contributed by atoms with E-state index in [2.05, 4.69) is 11.4 Å². The van der Waals surface area contributed by atoms with Crippen LogP contribution >= 0.6 is 34.5 Å². The number of anilines is 1. The maximum atomic E-state index is 12.3. The molecule has 7 heteroatoms. The van der Waals surface area contributed by atoms with E-state index in [4.69, 9.17) is 27.6 Å². The van der Waals surface area contributed by atoms with Gasteiger partial charge in [0.25, 0.3) is 0 Å². The van der Waals surface area contributed by atoms with Gasteiger partial charge in [-0.25, -0.2) is 0 Å². The van der Waals surface area contributed by atoms with E-state index >= 15 is 0 Å². The molecule has 1 aliphatic carbocycles. The summed E-state index contributed by atoms with van der Waals surface area (Å²) in [5.74, 6) is 0.821. The van der Waals surface area contributed by atoms with Crippen LogP contribution < -0.4 is 5.32 Å². The van der Waals surface area contributed by atoms with E-state index in [0.717, 1.165) is 30.4 Å². The Kier molecular flexibility index (Phi) is 5.27. The van der Waals surface area contributed by atoms with Gasteiger partial charge in [-0.3, -0.25) is 4.79 Å². The zero-order valence-corrected chi connectivity index (χ0v) is 16.9. The van der Waals surface area contributed by atoms with E-state index < -0.39 is 0 Å². The van der Waals surface area contributed by atoms with Crippen molar-refractivity contribution >= 4 is 51.5 Å². The van der Waals surface area contributed by atoms with Gasteiger partial charge in [0.05, 0.1) is 5.56 Å². The van der Waals surface area contributed by atoms with E-state index in [1.807, 2.05) is 0 Å². The monoisotopic (exact) mass is 428 g/mol. The van der Waals surface area contributed by atoms with Gasteiger partial charge in [-0.05, 0) is 61.2 Å². The lowest BCUT2D eigenvalue weighted by Gasteiger charge is -2.00. The Hall–Kier alpha value is -2.52. The van der Waals surface area contributed by atoms with E-state index in [1.165, 1.54) is 22.3 Å². The second-order valence-corrected chi connectivity index (χ2v) is 8.33. The molecular formula is C21H14Cl2N2O2S. The minimum Gasteiger partial charge on any atom is -0.457 e. The van der Waals surface area contributed by atoms with Crippen molar-refractivity contribution in [1.82, 2.24) is 0 Å². The summed E-state index contributed by atoms with van der Waals surface area (Å²) in [4.78, 5) is 13.5. The van der Waals surface area contributed by atoms with Crippen molar-refractivity contribution in [2.45, 2.75) is 19.3 Å². The average Bonchev–Trinajstić information content (AvgIpc) is 3.35. The zero-order chi connectivity index (χ0) is 19.7. The molecule has 0 saturated heterocycles. The lowest BCUT2D eigenvalue weighted by atomic mass is 10.1. The minimum absolute atomic E-state index is 0.305. The first-order valence-corrected chi connectivity index (χ1v) is 10.2. The highest BCUT2D eigenvalue weighted by Crippen LogP contribution is 2.38. The second kappa shape index (κ2) is 7.84. The highest BCUT2D eigenvalue weighted by atomic mass is 35.5. The Bertz CT molecular complexity index is 1120. The number of aryl methyl sites for hydroxylation is 1. The fourth-order valence-corrected chi connectivity index (χ4v) is 4.98. The molecular weight excluding hydrogens is 415 g/mol. The van der Waals surface area contributed by atoms with Crippen LogP contribution in [0, 0.1) is 11.3 Å². The Balaban J connectivity index is 1.47. The Morgan fingerprint density at radius 1 is 1.21 bits per heavy atom. The van der Waals surface area contributed by atoms with Gasteiger partial charge >= 0.3 is 0 Å². The molecule has 0 aliphatic heterocycles. The molecule has 1 amide bonds. The molecule has 1 N–H and O–H groups in total. The molecule has 1 aliphatic rings. The molecule has 1 aromatic carbocycles. The average molecular weight is 429 g/mol. The maximum absolute atomic E-state index is 12.3. The van der Waals surface area contributed by atoms with Crippen molar-refractivity contribution in [3.63, 3.8) is 0 Å². The van der Waals surface area contributed by atoms with Crippen LogP contribution in [0.1, 0.15) is 28.2 Å². The molecule has 0 fully saturated rings. The number of hydrogen-bond acceptors (Lipinski definition) is 4. The summed E-state index contributed by atoms with van der Waals surface area (Å²) in [7, 11) is 0. The lowest BCUT2D eigenvalue weighted by Crippen LogP contribution is -2.07. The first kappa shape index (κ1) is 18.8. The Labute approximate surface area is 176 Å². The summed E-state index contributed by atoms with van der Waals surface area (Å²) >= 11 is 13.5. The number of benzene rings is 1. The van der Waals surface area contributed by atoms with Crippen molar-refractivity contribution < 1.29 is 9.21 Å². The van der Waals surface area contributed by atoms with E-state index in [1.54, 1.807) is 36.4 Å². The number of fused-ring (bicyclic) bond motifs is 1. The summed E-state index contributed by atoms with van der Waals surface area (Å²) < 4.78 is 5.74. The molecule has 28 heavy (non-hydrogen) atoms. The van der Waals surface area contributed by atoms with Crippen molar-refractivity contribution in [1.29, 1.82) is 5.26 Å². The van der Waals surface area contributed by atoms with Gasteiger partial charge in [-0.1, -0.05) is 23.2 Å². The number of nitrogens with one attached hydrogen (secondary N) is 1. The molecule has 4 rings (SSSR count). The van der Waals surface area contributed by atoms with Crippen molar-refractivity contribution in [2.24, 2.45) is 0 Å². The van der Waals surface area contributed by atoms with Crippen molar-refractivity contribution in [2.75, 3.05) is 5.32 Å². The second-order valence-electron chi connectivity index (χ2n) is 6.36.